The van der Waals surface area contributed by atoms with Crippen LogP contribution in [0.2, 0.25) is 0 Å². The standard InChI is InChI=1S/C21H21F3N6O.C4H8O.C2H6/c1-12(31)29-7-6-17-16(11-29)20(26-25-17)30-8-5-14-9-13(3-4-18(14)30)15-10-28(2)27-19(15)21(22,23)24;1-2-4-5-3-1;1-2/h3-4,9-10H,5-8,11H2,1-2H3,(H,25,26);1-4H2;1-2H3. The lowest BCUT2D eigenvalue weighted by Crippen LogP contribution is -2.34. The van der Waals surface area contributed by atoms with E-state index in [0.29, 0.717) is 31.6 Å². The van der Waals surface area contributed by atoms with Gasteiger partial charge in [-0.3, -0.25) is 14.6 Å². The van der Waals surface area contributed by atoms with Crippen LogP contribution >= 0.6 is 0 Å². The van der Waals surface area contributed by atoms with E-state index in [-0.39, 0.29) is 11.5 Å². The third kappa shape index (κ3) is 5.72. The Bertz CT molecular complexity index is 1250. The number of H-pyrrole nitrogens is 1. The van der Waals surface area contributed by atoms with E-state index in [4.69, 9.17) is 4.74 Å². The van der Waals surface area contributed by atoms with E-state index < -0.39 is 11.9 Å². The van der Waals surface area contributed by atoms with Crippen molar-refractivity contribution in [2.75, 3.05) is 31.2 Å². The highest BCUT2D eigenvalue weighted by Crippen LogP contribution is 2.41. The first-order valence-corrected chi connectivity index (χ1v) is 13.1. The number of benzene rings is 1. The molecule has 3 aromatic rings. The average Bonchev–Trinajstić information content (AvgIpc) is 3.71. The summed E-state index contributed by atoms with van der Waals surface area (Å²) in [6.45, 7) is 9.40. The first-order chi connectivity index (χ1) is 18.2. The van der Waals surface area contributed by atoms with Crippen molar-refractivity contribution in [1.29, 1.82) is 0 Å². The second kappa shape index (κ2) is 11.6. The SMILES string of the molecule is C1CCOC1.CC.CC(=O)N1CCc2[nH]nc(N3CCc4cc(-c5cn(C)nc5C(F)(F)F)ccc43)c2C1. The second-order valence-electron chi connectivity index (χ2n) is 9.32. The van der Waals surface area contributed by atoms with Crippen LogP contribution in [0.4, 0.5) is 24.7 Å². The molecule has 0 radical (unpaired) electrons. The first-order valence-electron chi connectivity index (χ1n) is 13.1. The van der Waals surface area contributed by atoms with Gasteiger partial charge in [-0.1, -0.05) is 19.9 Å². The zero-order valence-electron chi connectivity index (χ0n) is 22.4. The number of aromatic amines is 1. The molecule has 0 spiro atoms. The highest BCUT2D eigenvalue weighted by atomic mass is 19.4. The predicted octanol–water partition coefficient (Wildman–Crippen LogP) is 5.25. The predicted molar refractivity (Wildman–Crippen MR) is 139 cm³/mol. The first kappa shape index (κ1) is 27.7. The number of ether oxygens (including phenoxy) is 1. The van der Waals surface area contributed by atoms with E-state index in [0.717, 1.165) is 48.0 Å². The fourth-order valence-corrected chi connectivity index (χ4v) is 4.98. The van der Waals surface area contributed by atoms with Gasteiger partial charge in [-0.15, -0.1) is 0 Å². The lowest BCUT2D eigenvalue weighted by atomic mass is 10.0. The summed E-state index contributed by atoms with van der Waals surface area (Å²) in [6, 6.07) is 5.35. The molecule has 0 saturated carbocycles. The van der Waals surface area contributed by atoms with Crippen molar-refractivity contribution in [3.8, 4) is 11.1 Å². The number of carbonyl (C=O) groups is 1. The van der Waals surface area contributed by atoms with Crippen molar-refractivity contribution in [2.45, 2.75) is 59.2 Å². The van der Waals surface area contributed by atoms with Gasteiger partial charge in [-0.25, -0.2) is 0 Å². The summed E-state index contributed by atoms with van der Waals surface area (Å²) < 4.78 is 46.3. The fraction of sp³-hybridized carbons (Fsp3) is 0.519. The largest absolute Gasteiger partial charge is 0.435 e. The molecule has 0 bridgehead atoms. The van der Waals surface area contributed by atoms with E-state index >= 15 is 0 Å². The van der Waals surface area contributed by atoms with Gasteiger partial charge < -0.3 is 14.5 Å². The van der Waals surface area contributed by atoms with Crippen LogP contribution in [0.15, 0.2) is 24.4 Å². The molecule has 1 fully saturated rings. The molecule has 1 aromatic carbocycles. The minimum absolute atomic E-state index is 0.0289. The molecule has 0 unspecified atom stereocenters. The Labute approximate surface area is 220 Å². The fourth-order valence-electron chi connectivity index (χ4n) is 4.98. The van der Waals surface area contributed by atoms with Crippen LogP contribution in [0.1, 0.15) is 56.1 Å². The Kier molecular flexibility index (Phi) is 8.44. The molecule has 8 nitrogen and oxygen atoms in total. The number of rotatable bonds is 2. The number of hydrogen-bond acceptors (Lipinski definition) is 5. The van der Waals surface area contributed by atoms with Gasteiger partial charge in [0.1, 0.15) is 0 Å². The number of aromatic nitrogens is 4. The average molecular weight is 533 g/mol. The Hall–Kier alpha value is -3.34. The number of fused-ring (bicyclic) bond motifs is 2. The van der Waals surface area contributed by atoms with E-state index in [1.807, 2.05) is 26.0 Å². The molecule has 0 atom stereocenters. The molecule has 38 heavy (non-hydrogen) atoms. The molecule has 2 aromatic heterocycles. The third-order valence-electron chi connectivity index (χ3n) is 6.82. The Morgan fingerprint density at radius 1 is 1.11 bits per heavy atom. The molecule has 11 heteroatoms. The highest BCUT2D eigenvalue weighted by Gasteiger charge is 2.38. The van der Waals surface area contributed by atoms with E-state index in [1.54, 1.807) is 17.9 Å². The molecular weight excluding hydrogens is 497 g/mol. The van der Waals surface area contributed by atoms with Crippen molar-refractivity contribution in [2.24, 2.45) is 7.05 Å². The van der Waals surface area contributed by atoms with Gasteiger partial charge in [-0.05, 0) is 42.5 Å². The number of halogens is 3. The van der Waals surface area contributed by atoms with Crippen molar-refractivity contribution >= 4 is 17.4 Å². The summed E-state index contributed by atoms with van der Waals surface area (Å²) in [5.74, 6) is 0.811. The van der Waals surface area contributed by atoms with Crippen LogP contribution < -0.4 is 4.90 Å². The minimum atomic E-state index is -4.52. The highest BCUT2D eigenvalue weighted by molar-refractivity contribution is 5.77. The summed E-state index contributed by atoms with van der Waals surface area (Å²) >= 11 is 0. The van der Waals surface area contributed by atoms with Gasteiger partial charge in [0.25, 0.3) is 0 Å². The Morgan fingerprint density at radius 3 is 2.47 bits per heavy atom. The topological polar surface area (TPSA) is 79.3 Å². The van der Waals surface area contributed by atoms with Crippen LogP contribution in [0.5, 0.6) is 0 Å². The monoisotopic (exact) mass is 532 g/mol. The minimum Gasteiger partial charge on any atom is -0.381 e. The number of alkyl halides is 3. The molecule has 6 rings (SSSR count). The van der Waals surface area contributed by atoms with Gasteiger partial charge in [0, 0.05) is 75.4 Å². The zero-order valence-corrected chi connectivity index (χ0v) is 22.4. The smallest absolute Gasteiger partial charge is 0.381 e. The number of aryl methyl sites for hydroxylation is 1. The molecule has 3 aliphatic heterocycles. The third-order valence-corrected chi connectivity index (χ3v) is 6.82. The van der Waals surface area contributed by atoms with Gasteiger partial charge in [0.15, 0.2) is 11.5 Å². The number of anilines is 2. The van der Waals surface area contributed by atoms with Crippen molar-refractivity contribution in [1.82, 2.24) is 24.9 Å². The summed E-state index contributed by atoms with van der Waals surface area (Å²) in [5.41, 5.74) is 3.61. The molecule has 5 heterocycles. The number of nitrogens with zero attached hydrogens (tertiary/aromatic N) is 5. The van der Waals surface area contributed by atoms with Gasteiger partial charge in [0.05, 0.1) is 6.54 Å². The van der Waals surface area contributed by atoms with Crippen LogP contribution in [-0.4, -0.2) is 57.1 Å². The summed E-state index contributed by atoms with van der Waals surface area (Å²) in [6.07, 6.45) is 0.863. The molecule has 1 amide bonds. The normalized spacial score (nSPS) is 16.3. The maximum Gasteiger partial charge on any atom is 0.435 e. The molecule has 206 valence electrons. The van der Waals surface area contributed by atoms with Gasteiger partial charge in [0.2, 0.25) is 5.91 Å². The molecule has 1 saturated heterocycles. The number of hydrogen-bond donors (Lipinski definition) is 1. The lowest BCUT2D eigenvalue weighted by molar-refractivity contribution is -0.141. The summed E-state index contributed by atoms with van der Waals surface area (Å²) in [5, 5.41) is 11.2. The number of amides is 1. The maximum absolute atomic E-state index is 13.4. The molecule has 0 aliphatic carbocycles. The molecule has 3 aliphatic rings. The van der Waals surface area contributed by atoms with Gasteiger partial charge in [-0.2, -0.15) is 23.4 Å². The Balaban J connectivity index is 0.000000425. The quantitative estimate of drug-likeness (QED) is 0.488. The van der Waals surface area contributed by atoms with Crippen LogP contribution in [0.25, 0.3) is 11.1 Å². The van der Waals surface area contributed by atoms with E-state index in [2.05, 4.69) is 20.2 Å². The summed E-state index contributed by atoms with van der Waals surface area (Å²) in [4.78, 5) is 15.7. The molecule has 1 N–H and O–H groups in total. The van der Waals surface area contributed by atoms with Crippen LogP contribution in [0, 0.1) is 0 Å². The van der Waals surface area contributed by atoms with Crippen LogP contribution in [0.3, 0.4) is 0 Å². The molecular formula is C27H35F3N6O2. The Morgan fingerprint density at radius 2 is 1.84 bits per heavy atom. The number of carbonyl (C=O) groups excluding carboxylic acids is 1. The van der Waals surface area contributed by atoms with E-state index in [9.17, 15) is 18.0 Å². The zero-order chi connectivity index (χ0) is 27.4. The maximum atomic E-state index is 13.4. The summed E-state index contributed by atoms with van der Waals surface area (Å²) in [7, 11) is 1.49. The van der Waals surface area contributed by atoms with E-state index in [1.165, 1.54) is 30.8 Å². The van der Waals surface area contributed by atoms with Gasteiger partial charge >= 0.3 is 6.18 Å². The lowest BCUT2D eigenvalue weighted by Gasteiger charge is -2.27. The van der Waals surface area contributed by atoms with Crippen molar-refractivity contribution < 1.29 is 22.7 Å². The number of nitrogens with one attached hydrogen (secondary N) is 1. The van der Waals surface area contributed by atoms with Crippen molar-refractivity contribution in [3.63, 3.8) is 0 Å². The second-order valence-corrected chi connectivity index (χ2v) is 9.32. The van der Waals surface area contributed by atoms with Crippen molar-refractivity contribution in [3.05, 3.63) is 46.9 Å². The van der Waals surface area contributed by atoms with Crippen LogP contribution in [-0.2, 0) is 42.1 Å².